The van der Waals surface area contributed by atoms with Crippen molar-refractivity contribution in [2.24, 2.45) is 13.0 Å². The Bertz CT molecular complexity index is 1850. The minimum absolute atomic E-state index is 0.149. The number of H-pyrrole nitrogens is 1. The van der Waals surface area contributed by atoms with Gasteiger partial charge in [-0.15, -0.1) is 11.3 Å². The summed E-state index contributed by atoms with van der Waals surface area (Å²) in [6, 6.07) is 13.9. The number of nitrogens with zero attached hydrogens (tertiary/aromatic N) is 4. The summed E-state index contributed by atoms with van der Waals surface area (Å²) in [5, 5.41) is 7.43. The average molecular weight is 529 g/mol. The van der Waals surface area contributed by atoms with Gasteiger partial charge in [0, 0.05) is 40.7 Å². The fourth-order valence-corrected chi connectivity index (χ4v) is 5.20. The Morgan fingerprint density at radius 2 is 1.92 bits per heavy atom. The number of thiophene rings is 1. The lowest BCUT2D eigenvalue weighted by atomic mass is 10.0. The summed E-state index contributed by atoms with van der Waals surface area (Å²) < 4.78 is 31.5. The van der Waals surface area contributed by atoms with Gasteiger partial charge in [-0.05, 0) is 36.4 Å². The minimum Gasteiger partial charge on any atom is -0.337 e. The number of aromatic amines is 1. The number of benzene rings is 2. The van der Waals surface area contributed by atoms with Crippen molar-refractivity contribution < 1.29 is 13.6 Å². The van der Waals surface area contributed by atoms with Crippen LogP contribution < -0.4 is 5.32 Å². The summed E-state index contributed by atoms with van der Waals surface area (Å²) in [5.74, 6) is -0.417. The molecule has 4 aromatic heterocycles. The average Bonchev–Trinajstić information content (AvgIpc) is 3.61. The highest BCUT2D eigenvalue weighted by Gasteiger charge is 2.22. The Morgan fingerprint density at radius 3 is 2.68 bits per heavy atom. The molecule has 190 valence electrons. The van der Waals surface area contributed by atoms with Crippen molar-refractivity contribution >= 4 is 44.9 Å². The van der Waals surface area contributed by atoms with Gasteiger partial charge in [0.15, 0.2) is 11.0 Å². The monoisotopic (exact) mass is 528 g/mol. The van der Waals surface area contributed by atoms with Crippen molar-refractivity contribution in [1.82, 2.24) is 24.7 Å². The predicted molar refractivity (Wildman–Crippen MR) is 146 cm³/mol. The van der Waals surface area contributed by atoms with Crippen LogP contribution in [0.5, 0.6) is 0 Å². The number of nitrogens with one attached hydrogen (secondary N) is 2. The topological polar surface area (TPSA) is 88.5 Å². The van der Waals surface area contributed by atoms with Crippen molar-refractivity contribution in [1.29, 1.82) is 0 Å². The number of hydrogen-bond acceptors (Lipinski definition) is 5. The summed E-state index contributed by atoms with van der Waals surface area (Å²) in [6.07, 6.45) is 3.08. The SMILES string of the molecule is CC(C)C(=O)Nc1cncc(-c2ccc3c(c(-c4nc5c(-c6ccc(F)s6)cccc5[nH]4)nn3C)c2F)c1. The molecule has 0 aliphatic heterocycles. The first-order valence-corrected chi connectivity index (χ1v) is 12.8. The van der Waals surface area contributed by atoms with Crippen LogP contribution in [0.4, 0.5) is 14.5 Å². The number of aromatic nitrogens is 5. The van der Waals surface area contributed by atoms with E-state index in [2.05, 4.69) is 20.4 Å². The summed E-state index contributed by atoms with van der Waals surface area (Å²) in [7, 11) is 1.75. The zero-order valence-corrected chi connectivity index (χ0v) is 21.5. The van der Waals surface area contributed by atoms with Crippen molar-refractivity contribution in [3.8, 4) is 33.1 Å². The van der Waals surface area contributed by atoms with Crippen molar-refractivity contribution in [3.05, 3.63) is 71.9 Å². The molecule has 1 amide bonds. The number of hydrogen-bond donors (Lipinski definition) is 2. The quantitative estimate of drug-likeness (QED) is 0.258. The Kier molecular flexibility index (Phi) is 5.76. The van der Waals surface area contributed by atoms with Crippen LogP contribution in [-0.2, 0) is 11.8 Å². The van der Waals surface area contributed by atoms with Crippen LogP contribution in [0.2, 0.25) is 0 Å². The van der Waals surface area contributed by atoms with Gasteiger partial charge >= 0.3 is 0 Å². The number of pyridine rings is 1. The maximum atomic E-state index is 16.2. The molecule has 0 aliphatic carbocycles. The van der Waals surface area contributed by atoms with Crippen LogP contribution >= 0.6 is 11.3 Å². The Labute approximate surface area is 220 Å². The van der Waals surface area contributed by atoms with Crippen LogP contribution in [0.3, 0.4) is 0 Å². The molecule has 0 saturated heterocycles. The highest BCUT2D eigenvalue weighted by Crippen LogP contribution is 2.37. The van der Waals surface area contributed by atoms with Crippen molar-refractivity contribution in [2.45, 2.75) is 13.8 Å². The highest BCUT2D eigenvalue weighted by atomic mass is 32.1. The van der Waals surface area contributed by atoms with E-state index < -0.39 is 5.82 Å². The van der Waals surface area contributed by atoms with Gasteiger partial charge < -0.3 is 10.3 Å². The van der Waals surface area contributed by atoms with E-state index in [1.54, 1.807) is 56.0 Å². The van der Waals surface area contributed by atoms with Gasteiger partial charge in [0.2, 0.25) is 5.91 Å². The molecule has 0 radical (unpaired) electrons. The highest BCUT2D eigenvalue weighted by molar-refractivity contribution is 7.14. The maximum absolute atomic E-state index is 16.2. The molecule has 6 rings (SSSR count). The maximum Gasteiger partial charge on any atom is 0.226 e. The fourth-order valence-electron chi connectivity index (χ4n) is 4.45. The minimum atomic E-state index is -0.472. The third-order valence-corrected chi connectivity index (χ3v) is 7.28. The normalized spacial score (nSPS) is 11.6. The van der Waals surface area contributed by atoms with Gasteiger partial charge in [-0.2, -0.15) is 9.49 Å². The lowest BCUT2D eigenvalue weighted by Gasteiger charge is -2.10. The summed E-state index contributed by atoms with van der Waals surface area (Å²) in [6.45, 7) is 3.59. The smallest absolute Gasteiger partial charge is 0.226 e. The van der Waals surface area contributed by atoms with E-state index >= 15 is 4.39 Å². The zero-order valence-electron chi connectivity index (χ0n) is 20.7. The number of fused-ring (bicyclic) bond motifs is 2. The van der Waals surface area contributed by atoms with Crippen LogP contribution in [0.1, 0.15) is 13.8 Å². The molecule has 10 heteroatoms. The molecule has 4 heterocycles. The third-order valence-electron chi connectivity index (χ3n) is 6.37. The number of amides is 1. The number of carbonyl (C=O) groups excluding carboxylic acids is 1. The standard InChI is InChI=1S/C28H22F2N6OS/c1-14(2)28(37)32-16-11-15(12-31-13-16)17-7-8-20-23(24(17)30)26(35-36(20)3)27-33-19-6-4-5-18(25(19)34-27)21-9-10-22(29)38-21/h4-14H,1-3H3,(H,32,37)(H,33,34). The zero-order chi connectivity index (χ0) is 26.6. The van der Waals surface area contributed by atoms with E-state index in [0.29, 0.717) is 44.8 Å². The second kappa shape index (κ2) is 9.14. The van der Waals surface area contributed by atoms with E-state index in [0.717, 1.165) is 27.3 Å². The van der Waals surface area contributed by atoms with E-state index in [-0.39, 0.29) is 17.0 Å². The van der Waals surface area contributed by atoms with Gasteiger partial charge in [-0.1, -0.05) is 26.0 Å². The number of carbonyl (C=O) groups is 1. The molecule has 0 aliphatic rings. The first kappa shape index (κ1) is 23.9. The molecule has 7 nitrogen and oxygen atoms in total. The number of halogens is 2. The van der Waals surface area contributed by atoms with E-state index in [1.807, 2.05) is 18.2 Å². The summed E-state index contributed by atoms with van der Waals surface area (Å²) >= 11 is 1.04. The van der Waals surface area contributed by atoms with Crippen LogP contribution in [0, 0.1) is 16.9 Å². The van der Waals surface area contributed by atoms with Gasteiger partial charge in [0.25, 0.3) is 0 Å². The van der Waals surface area contributed by atoms with E-state index in [4.69, 9.17) is 4.98 Å². The van der Waals surface area contributed by atoms with E-state index in [9.17, 15) is 9.18 Å². The summed E-state index contributed by atoms with van der Waals surface area (Å²) in [4.78, 5) is 25.1. The molecule has 2 N–H and O–H groups in total. The molecule has 38 heavy (non-hydrogen) atoms. The molecule has 0 bridgehead atoms. The molecular formula is C28H22F2N6OS. The van der Waals surface area contributed by atoms with Gasteiger partial charge in [0.05, 0.1) is 33.8 Å². The van der Waals surface area contributed by atoms with E-state index in [1.165, 1.54) is 12.3 Å². The van der Waals surface area contributed by atoms with Crippen molar-refractivity contribution in [3.63, 3.8) is 0 Å². The number of anilines is 1. The molecule has 6 aromatic rings. The van der Waals surface area contributed by atoms with Crippen LogP contribution in [-0.4, -0.2) is 30.6 Å². The first-order valence-electron chi connectivity index (χ1n) is 12.0. The molecule has 0 spiro atoms. The number of rotatable bonds is 5. The molecule has 0 unspecified atom stereocenters. The van der Waals surface area contributed by atoms with Crippen LogP contribution in [0.25, 0.3) is 55.0 Å². The lowest BCUT2D eigenvalue weighted by Crippen LogP contribution is -2.17. The fraction of sp³-hybridized carbons (Fsp3) is 0.143. The molecular weight excluding hydrogens is 506 g/mol. The van der Waals surface area contributed by atoms with Gasteiger partial charge in [0.1, 0.15) is 11.5 Å². The number of aryl methyl sites for hydroxylation is 1. The number of imidazole rings is 1. The Morgan fingerprint density at radius 1 is 1.08 bits per heavy atom. The lowest BCUT2D eigenvalue weighted by molar-refractivity contribution is -0.118. The number of para-hydroxylation sites is 1. The second-order valence-electron chi connectivity index (χ2n) is 9.29. The van der Waals surface area contributed by atoms with Gasteiger partial charge in [-0.3, -0.25) is 14.5 Å². The Hall–Kier alpha value is -4.44. The second-order valence-corrected chi connectivity index (χ2v) is 10.3. The van der Waals surface area contributed by atoms with Crippen molar-refractivity contribution in [2.75, 3.05) is 5.32 Å². The van der Waals surface area contributed by atoms with Gasteiger partial charge in [-0.25, -0.2) is 9.37 Å². The molecule has 0 saturated carbocycles. The summed E-state index contributed by atoms with van der Waals surface area (Å²) in [5.41, 5.74) is 4.46. The largest absolute Gasteiger partial charge is 0.337 e. The first-order chi connectivity index (χ1) is 18.3. The molecule has 0 fully saturated rings. The third kappa shape index (κ3) is 4.03. The molecule has 0 atom stereocenters. The molecule has 2 aromatic carbocycles. The Balaban J connectivity index is 1.48. The predicted octanol–water partition coefficient (Wildman–Crippen LogP) is 6.78. The van der Waals surface area contributed by atoms with Crippen LogP contribution in [0.15, 0.2) is 60.9 Å².